The van der Waals surface area contributed by atoms with E-state index in [1.165, 1.54) is 11.3 Å². The first-order valence-corrected chi connectivity index (χ1v) is 9.77. The van der Waals surface area contributed by atoms with Crippen molar-refractivity contribution in [3.8, 4) is 5.75 Å². The lowest BCUT2D eigenvalue weighted by molar-refractivity contribution is -0.129. The number of amides is 1. The lowest BCUT2D eigenvalue weighted by Gasteiger charge is -2.25. The van der Waals surface area contributed by atoms with Crippen LogP contribution in [0.15, 0.2) is 35.4 Å². The number of aryl methyl sites for hydroxylation is 2. The highest BCUT2D eigenvalue weighted by atomic mass is 32.1. The Morgan fingerprint density at radius 1 is 1.33 bits per heavy atom. The summed E-state index contributed by atoms with van der Waals surface area (Å²) < 4.78 is 7.07. The molecule has 1 aromatic carbocycles. The lowest BCUT2D eigenvalue weighted by Crippen LogP contribution is -2.34. The van der Waals surface area contributed by atoms with Gasteiger partial charge in [-0.3, -0.25) is 14.2 Å². The number of nitrogens with zero attached hydrogens (tertiary/aromatic N) is 3. The second kappa shape index (κ2) is 7.15. The molecule has 1 aliphatic rings. The van der Waals surface area contributed by atoms with E-state index in [1.807, 2.05) is 29.2 Å². The third-order valence-corrected chi connectivity index (χ3v) is 6.21. The third-order valence-electron chi connectivity index (χ3n) is 5.09. The van der Waals surface area contributed by atoms with E-state index in [2.05, 4.69) is 4.98 Å². The zero-order valence-corrected chi connectivity index (χ0v) is 16.2. The van der Waals surface area contributed by atoms with Gasteiger partial charge in [0.05, 0.1) is 25.4 Å². The van der Waals surface area contributed by atoms with Crippen LogP contribution in [0.2, 0.25) is 0 Å². The molecule has 3 aromatic rings. The first-order valence-electron chi connectivity index (χ1n) is 8.95. The average molecular weight is 383 g/mol. The molecule has 0 atom stereocenters. The number of carbonyl (C=O) groups excluding carboxylic acids is 1. The minimum absolute atomic E-state index is 0.00340. The van der Waals surface area contributed by atoms with Crippen molar-refractivity contribution in [2.24, 2.45) is 0 Å². The van der Waals surface area contributed by atoms with E-state index < -0.39 is 0 Å². The van der Waals surface area contributed by atoms with E-state index in [-0.39, 0.29) is 11.5 Å². The number of ether oxygens (including phenoxy) is 1. The molecule has 3 heterocycles. The van der Waals surface area contributed by atoms with Crippen molar-refractivity contribution in [1.82, 2.24) is 14.5 Å². The number of carbonyl (C=O) groups is 1. The Balaban J connectivity index is 1.65. The number of fused-ring (bicyclic) bond motifs is 3. The Morgan fingerprint density at radius 3 is 2.93 bits per heavy atom. The van der Waals surface area contributed by atoms with Crippen LogP contribution in [0.25, 0.3) is 10.2 Å². The Labute approximate surface area is 161 Å². The minimum Gasteiger partial charge on any atom is -0.496 e. The summed E-state index contributed by atoms with van der Waals surface area (Å²) in [4.78, 5) is 32.9. The average Bonchev–Trinajstić information content (AvgIpc) is 3.06. The highest BCUT2D eigenvalue weighted by Gasteiger charge is 2.24. The summed E-state index contributed by atoms with van der Waals surface area (Å²) >= 11 is 1.53. The van der Waals surface area contributed by atoms with Crippen molar-refractivity contribution in [1.29, 1.82) is 0 Å². The molecule has 7 heteroatoms. The molecule has 0 bridgehead atoms. The molecule has 2 aromatic heterocycles. The molecule has 0 N–H and O–H groups in total. The molecule has 1 aliphatic heterocycles. The summed E-state index contributed by atoms with van der Waals surface area (Å²) in [7, 11) is 1.65. The molecular weight excluding hydrogens is 362 g/mol. The van der Waals surface area contributed by atoms with Gasteiger partial charge in [0.1, 0.15) is 10.6 Å². The third kappa shape index (κ3) is 3.23. The van der Waals surface area contributed by atoms with Gasteiger partial charge in [-0.25, -0.2) is 4.98 Å². The van der Waals surface area contributed by atoms with Crippen molar-refractivity contribution >= 4 is 27.5 Å². The molecule has 4 rings (SSSR count). The maximum absolute atomic E-state index is 13.1. The summed E-state index contributed by atoms with van der Waals surface area (Å²) in [5.74, 6) is 0.900. The van der Waals surface area contributed by atoms with Gasteiger partial charge >= 0.3 is 0 Å². The molecule has 0 spiro atoms. The van der Waals surface area contributed by atoms with Gasteiger partial charge in [0.25, 0.3) is 5.56 Å². The topological polar surface area (TPSA) is 64.4 Å². The Kier molecular flexibility index (Phi) is 4.70. The fourth-order valence-electron chi connectivity index (χ4n) is 3.60. The number of hydrogen-bond acceptors (Lipinski definition) is 5. The van der Waals surface area contributed by atoms with Crippen LogP contribution in [0.5, 0.6) is 5.75 Å². The van der Waals surface area contributed by atoms with Crippen LogP contribution in [0.4, 0.5) is 0 Å². The van der Waals surface area contributed by atoms with E-state index in [9.17, 15) is 9.59 Å². The fourth-order valence-corrected chi connectivity index (χ4v) is 4.79. The van der Waals surface area contributed by atoms with Crippen molar-refractivity contribution in [3.05, 3.63) is 57.0 Å². The molecule has 140 valence electrons. The molecule has 0 saturated carbocycles. The first kappa shape index (κ1) is 17.7. The van der Waals surface area contributed by atoms with Gasteiger partial charge < -0.3 is 9.64 Å². The standard InChI is InChI=1S/C20H21N3O3S/c1-13(24)22-10-8-15-17(11-22)27-19-18(15)20(25)23(12-21-19)9-7-14-5-3-4-6-16(14)26-2/h3-6,12H,7-11H2,1-2H3. The first-order chi connectivity index (χ1) is 13.1. The van der Waals surface area contributed by atoms with Crippen molar-refractivity contribution in [2.75, 3.05) is 13.7 Å². The maximum atomic E-state index is 13.1. The molecular formula is C20H21N3O3S. The predicted octanol–water partition coefficient (Wildman–Crippen LogP) is 2.61. The second-order valence-corrected chi connectivity index (χ2v) is 7.76. The molecule has 27 heavy (non-hydrogen) atoms. The zero-order valence-electron chi connectivity index (χ0n) is 15.4. The summed E-state index contributed by atoms with van der Waals surface area (Å²) in [5.41, 5.74) is 2.14. The van der Waals surface area contributed by atoms with Crippen molar-refractivity contribution in [3.63, 3.8) is 0 Å². The second-order valence-electron chi connectivity index (χ2n) is 6.68. The molecule has 6 nitrogen and oxygen atoms in total. The number of para-hydroxylation sites is 1. The Morgan fingerprint density at radius 2 is 2.15 bits per heavy atom. The monoisotopic (exact) mass is 383 g/mol. The number of hydrogen-bond donors (Lipinski definition) is 0. The Hall–Kier alpha value is -2.67. The van der Waals surface area contributed by atoms with Crippen LogP contribution in [0.3, 0.4) is 0 Å². The van der Waals surface area contributed by atoms with Gasteiger partial charge in [0.2, 0.25) is 5.91 Å². The SMILES string of the molecule is COc1ccccc1CCn1cnc2sc3c(c2c1=O)CCN(C(C)=O)C3. The van der Waals surface area contributed by atoms with E-state index in [4.69, 9.17) is 4.74 Å². The smallest absolute Gasteiger partial charge is 0.262 e. The van der Waals surface area contributed by atoms with E-state index in [1.54, 1.807) is 24.9 Å². The number of benzene rings is 1. The number of aromatic nitrogens is 2. The van der Waals surface area contributed by atoms with E-state index in [0.29, 0.717) is 32.5 Å². The highest BCUT2D eigenvalue weighted by Crippen LogP contribution is 2.32. The van der Waals surface area contributed by atoms with E-state index in [0.717, 1.165) is 32.0 Å². The molecule has 0 unspecified atom stereocenters. The zero-order chi connectivity index (χ0) is 19.0. The minimum atomic E-state index is 0.00340. The van der Waals surface area contributed by atoms with Gasteiger partial charge in [-0.1, -0.05) is 18.2 Å². The van der Waals surface area contributed by atoms with E-state index >= 15 is 0 Å². The maximum Gasteiger partial charge on any atom is 0.262 e. The molecule has 0 fully saturated rings. The molecule has 0 radical (unpaired) electrons. The Bertz CT molecular complexity index is 1070. The highest BCUT2D eigenvalue weighted by molar-refractivity contribution is 7.18. The summed E-state index contributed by atoms with van der Waals surface area (Å²) in [6.07, 6.45) is 3.04. The van der Waals surface area contributed by atoms with Gasteiger partial charge in [0, 0.05) is 24.9 Å². The quantitative estimate of drug-likeness (QED) is 0.695. The lowest BCUT2D eigenvalue weighted by atomic mass is 10.1. The molecule has 0 saturated heterocycles. The van der Waals surface area contributed by atoms with Gasteiger partial charge in [0.15, 0.2) is 0 Å². The van der Waals surface area contributed by atoms with Crippen molar-refractivity contribution in [2.45, 2.75) is 32.9 Å². The van der Waals surface area contributed by atoms with Crippen LogP contribution in [0.1, 0.15) is 22.9 Å². The summed E-state index contributed by atoms with van der Waals surface area (Å²) in [6, 6.07) is 7.84. The number of methoxy groups -OCH3 is 1. The number of thiophene rings is 1. The fraction of sp³-hybridized carbons (Fsp3) is 0.350. The van der Waals surface area contributed by atoms with Crippen LogP contribution >= 0.6 is 11.3 Å². The summed E-state index contributed by atoms with van der Waals surface area (Å²) in [5, 5.41) is 0.723. The summed E-state index contributed by atoms with van der Waals surface area (Å²) in [6.45, 7) is 3.36. The van der Waals surface area contributed by atoms with Crippen LogP contribution in [-0.2, 0) is 30.7 Å². The van der Waals surface area contributed by atoms with Crippen LogP contribution in [-0.4, -0.2) is 34.0 Å². The number of rotatable bonds is 4. The van der Waals surface area contributed by atoms with Gasteiger partial charge in [-0.05, 0) is 30.0 Å². The molecule has 0 aliphatic carbocycles. The van der Waals surface area contributed by atoms with Crippen LogP contribution in [0, 0.1) is 0 Å². The largest absolute Gasteiger partial charge is 0.496 e. The van der Waals surface area contributed by atoms with Gasteiger partial charge in [-0.15, -0.1) is 11.3 Å². The predicted molar refractivity (Wildman–Crippen MR) is 105 cm³/mol. The van der Waals surface area contributed by atoms with Crippen molar-refractivity contribution < 1.29 is 9.53 Å². The normalized spacial score (nSPS) is 13.6. The van der Waals surface area contributed by atoms with Gasteiger partial charge in [-0.2, -0.15) is 0 Å². The molecule has 1 amide bonds. The van der Waals surface area contributed by atoms with Crippen LogP contribution < -0.4 is 10.3 Å².